The molecule has 0 fully saturated rings. The maximum absolute atomic E-state index is 11.5. The highest BCUT2D eigenvalue weighted by molar-refractivity contribution is 6.04. The first-order valence-electron chi connectivity index (χ1n) is 5.62. The van der Waals surface area contributed by atoms with Gasteiger partial charge in [0.25, 0.3) is 0 Å². The molecule has 0 radical (unpaired) electrons. The number of nitriles is 1. The van der Waals surface area contributed by atoms with E-state index in [1.54, 1.807) is 31.1 Å². The molecule has 18 heavy (non-hydrogen) atoms. The molecule has 92 valence electrons. The molecule has 1 aromatic rings. The molecular weight excluding hydrogens is 230 g/mol. The third-order valence-electron chi connectivity index (χ3n) is 3.19. The van der Waals surface area contributed by atoms with Crippen molar-refractivity contribution in [2.45, 2.75) is 12.8 Å². The van der Waals surface area contributed by atoms with Crippen LogP contribution in [0.2, 0.25) is 0 Å². The minimum Gasteiger partial charge on any atom is -0.315 e. The van der Waals surface area contributed by atoms with Gasteiger partial charge < -0.3 is 9.80 Å². The lowest BCUT2D eigenvalue weighted by Gasteiger charge is -2.27. The molecule has 0 aromatic heterocycles. The van der Waals surface area contributed by atoms with Gasteiger partial charge in [-0.15, -0.1) is 0 Å². The van der Waals surface area contributed by atoms with Gasteiger partial charge in [-0.1, -0.05) is 0 Å². The zero-order chi connectivity index (χ0) is 13.3. The summed E-state index contributed by atoms with van der Waals surface area (Å²) in [6.07, 6.45) is 1.14. The van der Waals surface area contributed by atoms with Crippen molar-refractivity contribution in [1.29, 1.82) is 5.26 Å². The number of fused-ring (bicyclic) bond motifs is 1. The molecule has 0 N–H and O–H groups in total. The van der Waals surface area contributed by atoms with Gasteiger partial charge in [0.2, 0.25) is 5.91 Å². The number of carbonyl (C=O) groups excluding carboxylic acids is 2. The molecule has 0 spiro atoms. The lowest BCUT2D eigenvalue weighted by molar-refractivity contribution is -0.118. The van der Waals surface area contributed by atoms with E-state index in [4.69, 9.17) is 5.26 Å². The lowest BCUT2D eigenvalue weighted by atomic mass is 10.0. The smallest absolute Gasteiger partial charge is 0.315 e. The Morgan fingerprint density at radius 3 is 2.83 bits per heavy atom. The van der Waals surface area contributed by atoms with E-state index in [1.165, 1.54) is 4.90 Å². The molecule has 1 aliphatic rings. The molecule has 2 rings (SSSR count). The van der Waals surface area contributed by atoms with Crippen LogP contribution in [0.1, 0.15) is 12.0 Å². The van der Waals surface area contributed by atoms with Crippen LogP contribution in [0.15, 0.2) is 18.2 Å². The maximum Gasteiger partial charge on any atom is 0.329 e. The summed E-state index contributed by atoms with van der Waals surface area (Å²) in [6.45, 7) is 0. The van der Waals surface area contributed by atoms with E-state index in [2.05, 4.69) is 0 Å². The SMILES string of the molecule is CN(C(=O)C#N)c1ccc2c(c1)CCC(=O)N2C. The molecule has 0 saturated carbocycles. The molecule has 0 saturated heterocycles. The summed E-state index contributed by atoms with van der Waals surface area (Å²) >= 11 is 0. The minimum absolute atomic E-state index is 0.0942. The molecule has 0 atom stereocenters. The number of carbonyl (C=O) groups is 2. The molecule has 5 nitrogen and oxygen atoms in total. The Morgan fingerprint density at radius 1 is 1.44 bits per heavy atom. The van der Waals surface area contributed by atoms with Gasteiger partial charge in [0, 0.05) is 31.9 Å². The number of benzene rings is 1. The molecular formula is C13H13N3O2. The first-order chi connectivity index (χ1) is 8.54. The summed E-state index contributed by atoms with van der Waals surface area (Å²) in [5, 5.41) is 8.59. The van der Waals surface area contributed by atoms with Gasteiger partial charge in [-0.3, -0.25) is 9.59 Å². The monoisotopic (exact) mass is 243 g/mol. The summed E-state index contributed by atoms with van der Waals surface area (Å²) in [5.41, 5.74) is 2.56. The Labute approximate surface area is 105 Å². The van der Waals surface area contributed by atoms with Crippen molar-refractivity contribution in [1.82, 2.24) is 0 Å². The summed E-state index contributed by atoms with van der Waals surface area (Å²) in [6, 6.07) is 6.98. The van der Waals surface area contributed by atoms with Gasteiger partial charge in [0.15, 0.2) is 6.07 Å². The normalized spacial score (nSPS) is 13.8. The average molecular weight is 243 g/mol. The van der Waals surface area contributed by atoms with Gasteiger partial charge in [-0.2, -0.15) is 5.26 Å². The lowest BCUT2D eigenvalue weighted by Crippen LogP contribution is -2.31. The summed E-state index contributed by atoms with van der Waals surface area (Å²) < 4.78 is 0. The number of rotatable bonds is 1. The molecule has 0 bridgehead atoms. The van der Waals surface area contributed by atoms with Crippen LogP contribution >= 0.6 is 0 Å². The molecule has 2 amide bonds. The van der Waals surface area contributed by atoms with E-state index in [0.29, 0.717) is 18.5 Å². The standard InChI is InChI=1S/C13H13N3O2/c1-15(13(18)8-14)10-4-5-11-9(7-10)3-6-12(17)16(11)2/h4-5,7H,3,6H2,1-2H3. The number of aryl methyl sites for hydroxylation is 1. The number of amides is 2. The molecule has 0 aliphatic carbocycles. The summed E-state index contributed by atoms with van der Waals surface area (Å²) in [4.78, 5) is 25.8. The van der Waals surface area contributed by atoms with Crippen LogP contribution in [-0.2, 0) is 16.0 Å². The van der Waals surface area contributed by atoms with Gasteiger partial charge in [-0.05, 0) is 30.2 Å². The zero-order valence-electron chi connectivity index (χ0n) is 10.3. The molecule has 0 unspecified atom stereocenters. The summed E-state index contributed by atoms with van der Waals surface area (Å²) in [7, 11) is 3.30. The molecule has 5 heteroatoms. The second-order valence-electron chi connectivity index (χ2n) is 4.24. The van der Waals surface area contributed by atoms with Gasteiger partial charge in [-0.25, -0.2) is 0 Å². The highest BCUT2D eigenvalue weighted by atomic mass is 16.2. The predicted molar refractivity (Wildman–Crippen MR) is 67.2 cm³/mol. The quantitative estimate of drug-likeness (QED) is 0.693. The highest BCUT2D eigenvalue weighted by Gasteiger charge is 2.21. The van der Waals surface area contributed by atoms with Crippen molar-refractivity contribution in [2.24, 2.45) is 0 Å². The van der Waals surface area contributed by atoms with Gasteiger partial charge in [0.1, 0.15) is 0 Å². The van der Waals surface area contributed by atoms with Gasteiger partial charge >= 0.3 is 5.91 Å². The van der Waals surface area contributed by atoms with Crippen LogP contribution in [0, 0.1) is 11.3 Å². The fourth-order valence-corrected chi connectivity index (χ4v) is 2.04. The largest absolute Gasteiger partial charge is 0.329 e. The van der Waals surface area contributed by atoms with Crippen LogP contribution < -0.4 is 9.80 Å². The minimum atomic E-state index is -0.602. The van der Waals surface area contributed by atoms with E-state index in [1.807, 2.05) is 12.1 Å². The Morgan fingerprint density at radius 2 is 2.17 bits per heavy atom. The fraction of sp³-hybridized carbons (Fsp3) is 0.308. The van der Waals surface area contributed by atoms with Crippen molar-refractivity contribution in [3.05, 3.63) is 23.8 Å². The second kappa shape index (κ2) is 4.49. The first kappa shape index (κ1) is 12.1. The van der Waals surface area contributed by atoms with Crippen molar-refractivity contribution in [3.63, 3.8) is 0 Å². The van der Waals surface area contributed by atoms with Crippen molar-refractivity contribution in [3.8, 4) is 6.07 Å². The van der Waals surface area contributed by atoms with Gasteiger partial charge in [0.05, 0.1) is 0 Å². The zero-order valence-corrected chi connectivity index (χ0v) is 10.3. The number of anilines is 2. The van der Waals surface area contributed by atoms with Crippen molar-refractivity contribution < 1.29 is 9.59 Å². The number of hydrogen-bond acceptors (Lipinski definition) is 3. The third kappa shape index (κ3) is 1.93. The van der Waals surface area contributed by atoms with Crippen LogP contribution in [0.5, 0.6) is 0 Å². The van der Waals surface area contributed by atoms with E-state index in [0.717, 1.165) is 11.3 Å². The van der Waals surface area contributed by atoms with E-state index in [9.17, 15) is 9.59 Å². The molecule has 1 heterocycles. The van der Waals surface area contributed by atoms with Crippen LogP contribution in [0.3, 0.4) is 0 Å². The first-order valence-corrected chi connectivity index (χ1v) is 5.62. The third-order valence-corrected chi connectivity index (χ3v) is 3.19. The Kier molecular flexibility index (Phi) is 3.02. The average Bonchev–Trinajstić information content (AvgIpc) is 2.41. The van der Waals surface area contributed by atoms with E-state index < -0.39 is 5.91 Å². The van der Waals surface area contributed by atoms with Crippen molar-refractivity contribution in [2.75, 3.05) is 23.9 Å². The van der Waals surface area contributed by atoms with Crippen LogP contribution in [-0.4, -0.2) is 25.9 Å². The number of hydrogen-bond donors (Lipinski definition) is 0. The highest BCUT2D eigenvalue weighted by Crippen LogP contribution is 2.30. The topological polar surface area (TPSA) is 64.4 Å². The number of nitrogens with zero attached hydrogens (tertiary/aromatic N) is 3. The molecule has 1 aliphatic heterocycles. The second-order valence-corrected chi connectivity index (χ2v) is 4.24. The van der Waals surface area contributed by atoms with E-state index >= 15 is 0 Å². The Balaban J connectivity index is 2.37. The van der Waals surface area contributed by atoms with Crippen LogP contribution in [0.4, 0.5) is 11.4 Å². The van der Waals surface area contributed by atoms with Crippen molar-refractivity contribution >= 4 is 23.2 Å². The fourth-order valence-electron chi connectivity index (χ4n) is 2.04. The Bertz CT molecular complexity index is 560. The van der Waals surface area contributed by atoms with E-state index in [-0.39, 0.29) is 5.91 Å². The molecule has 1 aromatic carbocycles. The summed E-state index contributed by atoms with van der Waals surface area (Å²) in [5.74, 6) is -0.508. The predicted octanol–water partition coefficient (Wildman–Crippen LogP) is 1.08. The Hall–Kier alpha value is -2.35. The maximum atomic E-state index is 11.5. The van der Waals surface area contributed by atoms with Crippen LogP contribution in [0.25, 0.3) is 0 Å².